The summed E-state index contributed by atoms with van der Waals surface area (Å²) in [7, 11) is 0. The Bertz CT molecular complexity index is 393. The van der Waals surface area contributed by atoms with Gasteiger partial charge in [-0.15, -0.1) is 0 Å². The normalized spacial score (nSPS) is 22.9. The number of nitrogens with zero attached hydrogens (tertiary/aromatic N) is 4. The van der Waals surface area contributed by atoms with Crippen LogP contribution in [-0.4, -0.2) is 96.1 Å². The molecule has 4 aliphatic rings. The Morgan fingerprint density at radius 1 is 0.281 bits per heavy atom. The van der Waals surface area contributed by atoms with Gasteiger partial charge in [-0.05, 0) is 153 Å². The molecule has 0 bridgehead atoms. The Morgan fingerprint density at radius 3 is 0.594 bits per heavy atom. The van der Waals surface area contributed by atoms with Crippen LogP contribution >= 0.6 is 0 Å². The molecule has 4 fully saturated rings. The van der Waals surface area contributed by atoms with E-state index in [9.17, 15) is 0 Å². The zero-order valence-electron chi connectivity index (χ0n) is 23.4. The topological polar surface area (TPSA) is 13.0 Å². The minimum atomic E-state index is 0.769. The molecule has 0 amide bonds. The molecule has 4 rings (SSSR count). The molecular formula is C28H60N4. The van der Waals surface area contributed by atoms with Crippen molar-refractivity contribution in [2.75, 3.05) is 52.4 Å². The minimum Gasteiger partial charge on any atom is -0.301 e. The Hall–Kier alpha value is -0.160. The van der Waals surface area contributed by atoms with E-state index in [0.29, 0.717) is 0 Å². The molecule has 0 radical (unpaired) electrons. The molecule has 4 nitrogen and oxygen atoms in total. The molecular weight excluding hydrogens is 392 g/mol. The van der Waals surface area contributed by atoms with Crippen molar-refractivity contribution >= 4 is 0 Å². The summed E-state index contributed by atoms with van der Waals surface area (Å²) in [6, 6.07) is 3.11. The summed E-state index contributed by atoms with van der Waals surface area (Å²) in [5.41, 5.74) is 0. The third kappa shape index (κ3) is 12.9. The molecule has 0 N–H and O–H groups in total. The second-order valence-corrected chi connectivity index (χ2v) is 11.3. The SMILES string of the molecule is CC(C)N1CCC1.CC(C)N1CCCC1.CC(C)N1CCCC1.CC(C)N1CCCCC1. The van der Waals surface area contributed by atoms with E-state index in [-0.39, 0.29) is 0 Å². The van der Waals surface area contributed by atoms with Crippen molar-refractivity contribution in [3.63, 3.8) is 0 Å². The van der Waals surface area contributed by atoms with Crippen molar-refractivity contribution in [3.8, 4) is 0 Å². The maximum Gasteiger partial charge on any atom is 0.00386 e. The summed E-state index contributed by atoms with van der Waals surface area (Å²) in [6.07, 6.45) is 11.4. The van der Waals surface area contributed by atoms with Gasteiger partial charge in [0.05, 0.1) is 0 Å². The van der Waals surface area contributed by atoms with E-state index in [0.717, 1.165) is 24.2 Å². The molecule has 4 heterocycles. The molecule has 0 aliphatic carbocycles. The number of hydrogen-bond donors (Lipinski definition) is 0. The maximum atomic E-state index is 2.56. The summed E-state index contributed by atoms with van der Waals surface area (Å²) < 4.78 is 0. The second-order valence-electron chi connectivity index (χ2n) is 11.3. The predicted octanol–water partition coefficient (Wildman–Crippen LogP) is 5.96. The summed E-state index contributed by atoms with van der Waals surface area (Å²) >= 11 is 0. The summed E-state index contributed by atoms with van der Waals surface area (Å²) in [6.45, 7) is 28.8. The largest absolute Gasteiger partial charge is 0.301 e. The highest BCUT2D eigenvalue weighted by Gasteiger charge is 2.16. The molecule has 0 unspecified atom stereocenters. The van der Waals surface area contributed by atoms with Crippen molar-refractivity contribution in [1.82, 2.24) is 19.6 Å². The van der Waals surface area contributed by atoms with Gasteiger partial charge in [0, 0.05) is 24.2 Å². The first-order chi connectivity index (χ1) is 15.2. The monoisotopic (exact) mass is 452 g/mol. The molecule has 4 saturated heterocycles. The average Bonchev–Trinajstić information content (AvgIpc) is 3.43. The first-order valence-electron chi connectivity index (χ1n) is 14.2. The highest BCUT2D eigenvalue weighted by atomic mass is 15.2. The van der Waals surface area contributed by atoms with Crippen LogP contribution in [0, 0.1) is 0 Å². The Balaban J connectivity index is 0.000000214. The highest BCUT2D eigenvalue weighted by Crippen LogP contribution is 2.12. The Kier molecular flexibility index (Phi) is 16.2. The smallest absolute Gasteiger partial charge is 0.00386 e. The number of piperidine rings is 1. The fraction of sp³-hybridized carbons (Fsp3) is 1.00. The lowest BCUT2D eigenvalue weighted by Gasteiger charge is -2.34. The van der Waals surface area contributed by atoms with E-state index in [4.69, 9.17) is 0 Å². The van der Waals surface area contributed by atoms with Gasteiger partial charge in [0.25, 0.3) is 0 Å². The van der Waals surface area contributed by atoms with Gasteiger partial charge in [0.1, 0.15) is 0 Å². The average molecular weight is 453 g/mol. The number of hydrogen-bond acceptors (Lipinski definition) is 4. The van der Waals surface area contributed by atoms with Gasteiger partial charge in [0.2, 0.25) is 0 Å². The van der Waals surface area contributed by atoms with Crippen molar-refractivity contribution in [3.05, 3.63) is 0 Å². The molecule has 192 valence electrons. The fourth-order valence-electron chi connectivity index (χ4n) is 4.81. The van der Waals surface area contributed by atoms with Crippen molar-refractivity contribution in [1.29, 1.82) is 0 Å². The fourth-order valence-corrected chi connectivity index (χ4v) is 4.81. The Labute approximate surface area is 203 Å². The lowest BCUT2D eigenvalue weighted by molar-refractivity contribution is 0.138. The number of rotatable bonds is 4. The standard InChI is InChI=1S/C8H17N.2C7H15N.C6H13N/c1-8(2)9-6-4-3-5-7-9;2*1-7(2)8-5-3-4-6-8;1-6(2)7-4-3-5-7/h8H,3-7H2,1-2H3;2*7H,3-6H2,1-2H3;6H,3-5H2,1-2H3. The molecule has 0 aromatic rings. The van der Waals surface area contributed by atoms with Crippen LogP contribution in [0.1, 0.15) is 107 Å². The van der Waals surface area contributed by atoms with Gasteiger partial charge in [-0.2, -0.15) is 0 Å². The molecule has 0 saturated carbocycles. The zero-order valence-corrected chi connectivity index (χ0v) is 23.4. The lowest BCUT2D eigenvalue weighted by atomic mass is 10.1. The molecule has 0 aromatic carbocycles. The van der Waals surface area contributed by atoms with Crippen LogP contribution < -0.4 is 0 Å². The van der Waals surface area contributed by atoms with E-state index in [1.165, 1.54) is 104 Å². The molecule has 0 aromatic heterocycles. The van der Waals surface area contributed by atoms with E-state index in [1.807, 2.05) is 0 Å². The van der Waals surface area contributed by atoms with E-state index in [1.54, 1.807) is 0 Å². The third-order valence-electron chi connectivity index (χ3n) is 7.48. The van der Waals surface area contributed by atoms with Crippen molar-refractivity contribution < 1.29 is 0 Å². The second kappa shape index (κ2) is 17.3. The van der Waals surface area contributed by atoms with E-state index in [2.05, 4.69) is 75.0 Å². The van der Waals surface area contributed by atoms with Crippen LogP contribution in [0.2, 0.25) is 0 Å². The van der Waals surface area contributed by atoms with Gasteiger partial charge in [-0.3, -0.25) is 0 Å². The first kappa shape index (κ1) is 29.9. The number of likely N-dealkylation sites (tertiary alicyclic amines) is 4. The summed E-state index contributed by atoms with van der Waals surface area (Å²) in [5.74, 6) is 0. The maximum absolute atomic E-state index is 2.56. The van der Waals surface area contributed by atoms with Crippen LogP contribution in [0.3, 0.4) is 0 Å². The summed E-state index contributed by atoms with van der Waals surface area (Å²) in [4.78, 5) is 10.1. The molecule has 4 aliphatic heterocycles. The predicted molar refractivity (Wildman–Crippen MR) is 144 cm³/mol. The van der Waals surface area contributed by atoms with Gasteiger partial charge < -0.3 is 19.6 Å². The third-order valence-corrected chi connectivity index (χ3v) is 7.48. The first-order valence-corrected chi connectivity index (χ1v) is 14.2. The van der Waals surface area contributed by atoms with Crippen LogP contribution in [0.15, 0.2) is 0 Å². The van der Waals surface area contributed by atoms with Gasteiger partial charge in [-0.25, -0.2) is 0 Å². The Morgan fingerprint density at radius 2 is 0.469 bits per heavy atom. The molecule has 0 spiro atoms. The van der Waals surface area contributed by atoms with Gasteiger partial charge in [0.15, 0.2) is 0 Å². The lowest BCUT2D eigenvalue weighted by Crippen LogP contribution is -2.41. The molecule has 4 heteroatoms. The highest BCUT2D eigenvalue weighted by molar-refractivity contribution is 4.71. The van der Waals surface area contributed by atoms with E-state index >= 15 is 0 Å². The van der Waals surface area contributed by atoms with Crippen LogP contribution in [0.25, 0.3) is 0 Å². The minimum absolute atomic E-state index is 0.769. The molecule has 32 heavy (non-hydrogen) atoms. The van der Waals surface area contributed by atoms with Crippen LogP contribution in [-0.2, 0) is 0 Å². The van der Waals surface area contributed by atoms with Crippen LogP contribution in [0.4, 0.5) is 0 Å². The van der Waals surface area contributed by atoms with E-state index < -0.39 is 0 Å². The van der Waals surface area contributed by atoms with Crippen molar-refractivity contribution in [2.45, 2.75) is 131 Å². The van der Waals surface area contributed by atoms with Gasteiger partial charge >= 0.3 is 0 Å². The summed E-state index contributed by atoms with van der Waals surface area (Å²) in [5, 5.41) is 0. The molecule has 0 atom stereocenters. The van der Waals surface area contributed by atoms with Gasteiger partial charge in [-0.1, -0.05) is 6.42 Å². The zero-order chi connectivity index (χ0) is 23.9. The van der Waals surface area contributed by atoms with Crippen LogP contribution in [0.5, 0.6) is 0 Å². The quantitative estimate of drug-likeness (QED) is 0.521. The van der Waals surface area contributed by atoms with Crippen molar-refractivity contribution in [2.24, 2.45) is 0 Å².